The predicted octanol–water partition coefficient (Wildman–Crippen LogP) is 2.80. The third-order valence-corrected chi connectivity index (χ3v) is 5.64. The van der Waals surface area contributed by atoms with Crippen LogP contribution in [0.2, 0.25) is 0 Å². The molecule has 0 aromatic heterocycles. The average molecular weight is 429 g/mol. The number of ether oxygens (including phenoxy) is 1. The van der Waals surface area contributed by atoms with Gasteiger partial charge in [-0.15, -0.1) is 0 Å². The molecule has 2 atom stereocenters. The van der Waals surface area contributed by atoms with E-state index in [4.69, 9.17) is 19.8 Å². The van der Waals surface area contributed by atoms with Gasteiger partial charge in [0, 0.05) is 38.8 Å². The van der Waals surface area contributed by atoms with Crippen molar-refractivity contribution < 1.29 is 29.4 Å². The number of carboxylic acid groups (broad SMARTS) is 1. The first-order valence-corrected chi connectivity index (χ1v) is 9.83. The van der Waals surface area contributed by atoms with Crippen LogP contribution in [0.4, 0.5) is 10.5 Å². The number of aromatic carboxylic acids is 1. The van der Waals surface area contributed by atoms with Crippen molar-refractivity contribution in [3.05, 3.63) is 53.6 Å². The number of benzene rings is 2. The van der Waals surface area contributed by atoms with Crippen LogP contribution in [0.1, 0.15) is 29.3 Å². The number of amides is 1. The molecule has 1 amide bonds. The summed E-state index contributed by atoms with van der Waals surface area (Å²) in [6.07, 6.45) is 0.513. The smallest absolute Gasteiger partial charge is 0.412 e. The van der Waals surface area contributed by atoms with Gasteiger partial charge in [0.1, 0.15) is 17.1 Å². The molecule has 166 valence electrons. The van der Waals surface area contributed by atoms with Crippen molar-refractivity contribution in [3.8, 4) is 11.5 Å². The molecule has 0 radical (unpaired) electrons. The fourth-order valence-electron chi connectivity index (χ4n) is 3.90. The minimum Gasteiger partial charge on any atom is -0.507 e. The second-order valence-corrected chi connectivity index (χ2v) is 7.73. The topological polar surface area (TPSA) is 112 Å². The molecule has 2 aliphatic rings. The molecule has 9 nitrogen and oxygen atoms in total. The first kappa shape index (κ1) is 22.4. The fourth-order valence-corrected chi connectivity index (χ4v) is 3.90. The van der Waals surface area contributed by atoms with E-state index in [1.54, 1.807) is 19.2 Å². The quantitative estimate of drug-likeness (QED) is 0.668. The van der Waals surface area contributed by atoms with E-state index in [1.165, 1.54) is 17.7 Å². The monoisotopic (exact) mass is 429 g/mol. The number of nitrogens with one attached hydrogen (secondary N) is 1. The molecule has 2 aliphatic heterocycles. The highest BCUT2D eigenvalue weighted by atomic mass is 16.7. The van der Waals surface area contributed by atoms with Crippen LogP contribution < -0.4 is 15.0 Å². The zero-order valence-corrected chi connectivity index (χ0v) is 18.0. The van der Waals surface area contributed by atoms with Crippen molar-refractivity contribution in [2.75, 3.05) is 32.6 Å². The summed E-state index contributed by atoms with van der Waals surface area (Å²) in [5.74, 6) is -0.754. The van der Waals surface area contributed by atoms with Crippen molar-refractivity contribution in [2.24, 2.45) is 0 Å². The first-order chi connectivity index (χ1) is 14.7. The van der Waals surface area contributed by atoms with Crippen LogP contribution in [-0.4, -0.2) is 61.3 Å². The van der Waals surface area contributed by atoms with Gasteiger partial charge in [-0.1, -0.05) is 19.1 Å². The number of aromatic hydroxyl groups is 1. The number of hydrogen-bond donors (Lipinski definition) is 3. The van der Waals surface area contributed by atoms with Gasteiger partial charge in [-0.2, -0.15) is 5.06 Å². The molecule has 0 aliphatic carbocycles. The predicted molar refractivity (Wildman–Crippen MR) is 114 cm³/mol. The molecule has 4 rings (SSSR count). The van der Waals surface area contributed by atoms with Gasteiger partial charge >= 0.3 is 12.1 Å². The molecule has 9 heteroatoms. The summed E-state index contributed by atoms with van der Waals surface area (Å²) in [7, 11) is 5.54. The van der Waals surface area contributed by atoms with Crippen LogP contribution in [0.25, 0.3) is 0 Å². The van der Waals surface area contributed by atoms with Gasteiger partial charge < -0.3 is 25.2 Å². The van der Waals surface area contributed by atoms with Gasteiger partial charge in [0.25, 0.3) is 0 Å². The molecule has 2 heterocycles. The Morgan fingerprint density at radius 1 is 1.23 bits per heavy atom. The maximum atomic E-state index is 11.4. The van der Waals surface area contributed by atoms with Crippen molar-refractivity contribution in [3.63, 3.8) is 0 Å². The third kappa shape index (κ3) is 4.42. The number of hydroxylamine groups is 2. The number of fused-ring (bicyclic) bond motifs is 3. The Kier molecular flexibility index (Phi) is 6.37. The lowest BCUT2D eigenvalue weighted by atomic mass is 9.79. The summed E-state index contributed by atoms with van der Waals surface area (Å²) in [5, 5.41) is 21.7. The maximum absolute atomic E-state index is 11.4. The zero-order valence-electron chi connectivity index (χ0n) is 18.0. The van der Waals surface area contributed by atoms with Crippen molar-refractivity contribution in [2.45, 2.75) is 25.0 Å². The van der Waals surface area contributed by atoms with Crippen LogP contribution in [0, 0.1) is 0 Å². The van der Waals surface area contributed by atoms with E-state index in [2.05, 4.69) is 17.1 Å². The van der Waals surface area contributed by atoms with Crippen LogP contribution in [-0.2, 0) is 10.3 Å². The van der Waals surface area contributed by atoms with Gasteiger partial charge in [-0.25, -0.2) is 9.59 Å². The zero-order chi connectivity index (χ0) is 22.8. The SMILES string of the molecule is CNC(=O)Oc1ccc2c(c1)[C@]1(C)CCN(C)O[C@@H]1N2C.O=C(O)c1ccccc1O. The lowest BCUT2D eigenvalue weighted by Gasteiger charge is -2.42. The van der Waals surface area contributed by atoms with Crippen LogP contribution in [0.3, 0.4) is 0 Å². The highest BCUT2D eigenvalue weighted by molar-refractivity contribution is 5.90. The molecule has 0 bridgehead atoms. The first-order valence-electron chi connectivity index (χ1n) is 9.83. The highest BCUT2D eigenvalue weighted by Crippen LogP contribution is 2.50. The van der Waals surface area contributed by atoms with E-state index in [0.29, 0.717) is 5.75 Å². The Bertz CT molecular complexity index is 981. The number of nitrogens with zero attached hydrogens (tertiary/aromatic N) is 2. The molecular formula is C22H27N3O6. The number of anilines is 1. The lowest BCUT2D eigenvalue weighted by molar-refractivity contribution is -0.226. The van der Waals surface area contributed by atoms with Crippen molar-refractivity contribution in [1.82, 2.24) is 10.4 Å². The van der Waals surface area contributed by atoms with E-state index in [9.17, 15) is 9.59 Å². The maximum Gasteiger partial charge on any atom is 0.412 e. The second kappa shape index (κ2) is 8.83. The molecule has 2 aromatic carbocycles. The Morgan fingerprint density at radius 2 is 1.94 bits per heavy atom. The van der Waals surface area contributed by atoms with Crippen molar-refractivity contribution in [1.29, 1.82) is 0 Å². The normalized spacial score (nSPS) is 21.9. The largest absolute Gasteiger partial charge is 0.507 e. The summed E-state index contributed by atoms with van der Waals surface area (Å²) in [6, 6.07) is 11.6. The van der Waals surface area contributed by atoms with Gasteiger partial charge in [0.2, 0.25) is 0 Å². The van der Waals surface area contributed by atoms with E-state index in [0.717, 1.165) is 18.7 Å². The molecule has 3 N–H and O–H groups in total. The van der Waals surface area contributed by atoms with Crippen molar-refractivity contribution >= 4 is 17.7 Å². The highest BCUT2D eigenvalue weighted by Gasteiger charge is 2.50. The number of para-hydroxylation sites is 1. The molecular weight excluding hydrogens is 402 g/mol. The number of likely N-dealkylation sites (N-methyl/N-ethyl adjacent to an activating group) is 1. The average Bonchev–Trinajstić information content (AvgIpc) is 2.96. The number of carboxylic acids is 1. The summed E-state index contributed by atoms with van der Waals surface area (Å²) in [4.78, 5) is 29.8. The number of phenols is 1. The number of carbonyl (C=O) groups excluding carboxylic acids is 1. The standard InChI is InChI=1S/C15H21N3O3.C7H6O3/c1-15-7-8-17(3)21-13(15)18(4)12-6-5-10(9-11(12)15)20-14(19)16-2;8-6-4-2-1-3-5(6)7(9)10/h5-6,9,13H,7-8H2,1-4H3,(H,16,19);1-4,8H,(H,9,10)/t13-,15-;/m0./s1. The van der Waals surface area contributed by atoms with Gasteiger partial charge in [0.05, 0.1) is 0 Å². The summed E-state index contributed by atoms with van der Waals surface area (Å²) < 4.78 is 5.25. The Morgan fingerprint density at radius 3 is 2.55 bits per heavy atom. The minimum absolute atomic E-state index is 0.0264. The summed E-state index contributed by atoms with van der Waals surface area (Å²) >= 11 is 0. The summed E-state index contributed by atoms with van der Waals surface area (Å²) in [5.41, 5.74) is 2.13. The Hall–Kier alpha value is -3.30. The second-order valence-electron chi connectivity index (χ2n) is 7.73. The Balaban J connectivity index is 0.000000229. The number of hydrogen-bond acceptors (Lipinski definition) is 7. The summed E-state index contributed by atoms with van der Waals surface area (Å²) in [6.45, 7) is 3.08. The third-order valence-electron chi connectivity index (χ3n) is 5.64. The fraction of sp³-hybridized carbons (Fsp3) is 0.364. The number of carbonyl (C=O) groups is 2. The minimum atomic E-state index is -1.11. The van der Waals surface area contributed by atoms with Gasteiger partial charge in [-0.05, 0) is 42.3 Å². The molecule has 0 spiro atoms. The molecule has 31 heavy (non-hydrogen) atoms. The van der Waals surface area contributed by atoms with E-state index in [-0.39, 0.29) is 23.0 Å². The molecule has 0 saturated carbocycles. The molecule has 2 aromatic rings. The number of rotatable bonds is 2. The van der Waals surface area contributed by atoms with Gasteiger partial charge in [0.15, 0.2) is 6.23 Å². The van der Waals surface area contributed by atoms with Crippen LogP contribution in [0.5, 0.6) is 11.5 Å². The molecule has 1 fully saturated rings. The Labute approximate surface area is 180 Å². The van der Waals surface area contributed by atoms with Gasteiger partial charge in [-0.3, -0.25) is 4.84 Å². The molecule has 0 unspecified atom stereocenters. The molecule has 1 saturated heterocycles. The van der Waals surface area contributed by atoms with Crippen LogP contribution >= 0.6 is 0 Å². The van der Waals surface area contributed by atoms with E-state index >= 15 is 0 Å². The lowest BCUT2D eigenvalue weighted by Crippen LogP contribution is -2.52. The van der Waals surface area contributed by atoms with E-state index in [1.807, 2.05) is 37.4 Å². The van der Waals surface area contributed by atoms with E-state index < -0.39 is 12.1 Å². The van der Waals surface area contributed by atoms with Crippen LogP contribution in [0.15, 0.2) is 42.5 Å².